The molecule has 0 saturated carbocycles. The van der Waals surface area contributed by atoms with Gasteiger partial charge in [-0.3, -0.25) is 4.79 Å². The van der Waals surface area contributed by atoms with Crippen molar-refractivity contribution in [1.29, 1.82) is 5.26 Å². The molecule has 5 nitrogen and oxygen atoms in total. The predicted octanol–water partition coefficient (Wildman–Crippen LogP) is 2.23. The maximum Gasteiger partial charge on any atom is 0.280 e. The van der Waals surface area contributed by atoms with E-state index >= 15 is 0 Å². The van der Waals surface area contributed by atoms with Gasteiger partial charge in [0.15, 0.2) is 6.54 Å². The number of benzene rings is 1. The lowest BCUT2D eigenvalue weighted by Crippen LogP contribution is -3.15. The Morgan fingerprint density at radius 1 is 1.38 bits per heavy atom. The summed E-state index contributed by atoms with van der Waals surface area (Å²) in [4.78, 5) is 17.1. The molecule has 0 unspecified atom stereocenters. The maximum absolute atomic E-state index is 14.0. The first-order valence-corrected chi connectivity index (χ1v) is 11.0. The number of fused-ring (bicyclic) bond motifs is 1. The van der Waals surface area contributed by atoms with Crippen molar-refractivity contribution >= 4 is 27.9 Å². The number of carbonyl (C=O) groups is 1. The number of halogens is 1. The van der Waals surface area contributed by atoms with Gasteiger partial charge in [-0.2, -0.15) is 5.26 Å². The van der Waals surface area contributed by atoms with Crippen LogP contribution in [0.25, 0.3) is 0 Å². The number of hydrogen-bond acceptors (Lipinski definition) is 4. The van der Waals surface area contributed by atoms with Crippen LogP contribution in [0.2, 0.25) is 0 Å². The monoisotopic (exact) mass is 413 g/mol. The van der Waals surface area contributed by atoms with Gasteiger partial charge >= 0.3 is 0 Å². The number of quaternary nitrogens is 1. The summed E-state index contributed by atoms with van der Waals surface area (Å²) in [5.74, 6) is 0.377. The average molecular weight is 414 g/mol. The number of nitriles is 1. The lowest BCUT2D eigenvalue weighted by atomic mass is 9.89. The normalized spacial score (nSPS) is 19.5. The molecule has 2 heterocycles. The van der Waals surface area contributed by atoms with Gasteiger partial charge in [0.1, 0.15) is 16.9 Å². The van der Waals surface area contributed by atoms with Gasteiger partial charge in [0, 0.05) is 4.88 Å². The van der Waals surface area contributed by atoms with Crippen LogP contribution in [0.5, 0.6) is 0 Å². The SMILES string of the molecule is C[C@H]1CCc2c(sc(NC(=O)C[NH+]3CCN(c4ccccc4F)CC3)c2C#N)C1. The van der Waals surface area contributed by atoms with E-state index in [1.54, 1.807) is 23.5 Å². The number of para-hydroxylation sites is 1. The van der Waals surface area contributed by atoms with Crippen LogP contribution in [0.4, 0.5) is 15.1 Å². The highest BCUT2D eigenvalue weighted by Crippen LogP contribution is 2.39. The van der Waals surface area contributed by atoms with Crippen molar-refractivity contribution < 1.29 is 14.1 Å². The van der Waals surface area contributed by atoms with E-state index in [2.05, 4.69) is 18.3 Å². The van der Waals surface area contributed by atoms with Gasteiger partial charge in [0.2, 0.25) is 0 Å². The van der Waals surface area contributed by atoms with Crippen molar-refractivity contribution in [1.82, 2.24) is 0 Å². The van der Waals surface area contributed by atoms with Crippen LogP contribution in [-0.4, -0.2) is 38.6 Å². The van der Waals surface area contributed by atoms with Crippen LogP contribution in [-0.2, 0) is 17.6 Å². The summed E-state index contributed by atoms with van der Waals surface area (Å²) in [6.45, 7) is 5.61. The molecule has 29 heavy (non-hydrogen) atoms. The number of rotatable bonds is 4. The van der Waals surface area contributed by atoms with E-state index < -0.39 is 0 Å². The minimum absolute atomic E-state index is 0.0533. The smallest absolute Gasteiger partial charge is 0.280 e. The van der Waals surface area contributed by atoms with Gasteiger partial charge in [-0.05, 0) is 42.9 Å². The third-order valence-corrected chi connectivity index (χ3v) is 7.12. The highest BCUT2D eigenvalue weighted by Gasteiger charge is 2.27. The van der Waals surface area contributed by atoms with E-state index in [9.17, 15) is 14.4 Å². The van der Waals surface area contributed by atoms with Crippen molar-refractivity contribution in [3.8, 4) is 6.07 Å². The van der Waals surface area contributed by atoms with Crippen LogP contribution in [0, 0.1) is 23.1 Å². The van der Waals surface area contributed by atoms with Crippen molar-refractivity contribution in [2.75, 3.05) is 42.9 Å². The van der Waals surface area contributed by atoms with E-state index in [1.165, 1.54) is 15.8 Å². The van der Waals surface area contributed by atoms with Gasteiger partial charge < -0.3 is 15.1 Å². The van der Waals surface area contributed by atoms with E-state index in [0.29, 0.717) is 28.7 Å². The summed E-state index contributed by atoms with van der Waals surface area (Å²) in [5.41, 5.74) is 2.43. The summed E-state index contributed by atoms with van der Waals surface area (Å²) in [7, 11) is 0. The van der Waals surface area contributed by atoms with Gasteiger partial charge in [0.05, 0.1) is 37.4 Å². The molecule has 152 valence electrons. The van der Waals surface area contributed by atoms with Gasteiger partial charge in [-0.15, -0.1) is 11.3 Å². The molecule has 4 rings (SSSR count). The second-order valence-corrected chi connectivity index (χ2v) is 9.19. The summed E-state index contributed by atoms with van der Waals surface area (Å²) in [6, 6.07) is 9.13. The van der Waals surface area contributed by atoms with E-state index in [0.717, 1.165) is 51.0 Å². The second kappa shape index (κ2) is 8.52. The number of piperazine rings is 1. The molecule has 0 radical (unpaired) electrons. The molecule has 1 aliphatic heterocycles. The molecular weight excluding hydrogens is 387 g/mol. The number of hydrogen-bond donors (Lipinski definition) is 2. The minimum Gasteiger partial charge on any atom is -0.358 e. The lowest BCUT2D eigenvalue weighted by molar-refractivity contribution is -0.892. The minimum atomic E-state index is -0.200. The molecule has 1 aromatic heterocycles. The summed E-state index contributed by atoms with van der Waals surface area (Å²) < 4.78 is 14.0. The molecule has 1 saturated heterocycles. The van der Waals surface area contributed by atoms with Gasteiger partial charge in [0.25, 0.3) is 5.91 Å². The zero-order chi connectivity index (χ0) is 20.4. The molecule has 2 aromatic rings. The molecule has 1 atom stereocenters. The molecule has 1 amide bonds. The fourth-order valence-corrected chi connectivity index (χ4v) is 5.68. The third-order valence-electron chi connectivity index (χ3n) is 5.95. The van der Waals surface area contributed by atoms with Crippen molar-refractivity contribution in [2.24, 2.45) is 5.92 Å². The Bertz CT molecular complexity index is 943. The number of nitrogens with zero attached hydrogens (tertiary/aromatic N) is 2. The van der Waals surface area contributed by atoms with Crippen molar-refractivity contribution in [3.63, 3.8) is 0 Å². The Morgan fingerprint density at radius 2 is 2.14 bits per heavy atom. The first-order valence-electron chi connectivity index (χ1n) is 10.2. The van der Waals surface area contributed by atoms with Crippen LogP contribution < -0.4 is 15.1 Å². The largest absolute Gasteiger partial charge is 0.358 e. The van der Waals surface area contributed by atoms with E-state index in [-0.39, 0.29) is 11.7 Å². The highest BCUT2D eigenvalue weighted by molar-refractivity contribution is 7.16. The highest BCUT2D eigenvalue weighted by atomic mass is 32.1. The Balaban J connectivity index is 1.34. The molecule has 2 aliphatic rings. The van der Waals surface area contributed by atoms with Crippen LogP contribution in [0.3, 0.4) is 0 Å². The van der Waals surface area contributed by atoms with Crippen LogP contribution in [0.15, 0.2) is 24.3 Å². The summed E-state index contributed by atoms with van der Waals surface area (Å²) in [5, 5.41) is 13.3. The molecule has 1 aromatic carbocycles. The Kier molecular flexibility index (Phi) is 5.84. The van der Waals surface area contributed by atoms with Crippen molar-refractivity contribution in [3.05, 3.63) is 46.1 Å². The maximum atomic E-state index is 14.0. The molecule has 1 aliphatic carbocycles. The van der Waals surface area contributed by atoms with Gasteiger partial charge in [-0.25, -0.2) is 4.39 Å². The standard InChI is InChI=1S/C22H25FN4OS/c1-15-6-7-16-17(13-24)22(29-20(16)12-15)25-21(28)14-26-8-10-27(11-9-26)19-5-3-2-4-18(19)23/h2-5,15H,6-12,14H2,1H3,(H,25,28)/p+1/t15-/m0/s1. The number of thiophene rings is 1. The topological polar surface area (TPSA) is 60.6 Å². The molecule has 1 fully saturated rings. The first-order chi connectivity index (χ1) is 14.0. The molecule has 0 spiro atoms. The number of anilines is 2. The Hall–Kier alpha value is -2.43. The van der Waals surface area contributed by atoms with Gasteiger partial charge in [-0.1, -0.05) is 19.1 Å². The number of amides is 1. The number of carbonyl (C=O) groups excluding carboxylic acids is 1. The zero-order valence-corrected chi connectivity index (χ0v) is 17.4. The Labute approximate surface area is 174 Å². The molecule has 7 heteroatoms. The van der Waals surface area contributed by atoms with Crippen molar-refractivity contribution in [2.45, 2.75) is 26.2 Å². The van der Waals surface area contributed by atoms with Crippen LogP contribution in [0.1, 0.15) is 29.3 Å². The zero-order valence-electron chi connectivity index (χ0n) is 16.6. The fourth-order valence-electron chi connectivity index (χ4n) is 4.30. The summed E-state index contributed by atoms with van der Waals surface area (Å²) >= 11 is 1.57. The van der Waals surface area contributed by atoms with E-state index in [1.807, 2.05) is 11.0 Å². The lowest BCUT2D eigenvalue weighted by Gasteiger charge is -2.33. The third kappa shape index (κ3) is 4.29. The first kappa shape index (κ1) is 19.9. The molecular formula is C22H26FN4OS+. The second-order valence-electron chi connectivity index (χ2n) is 8.08. The number of nitrogens with one attached hydrogen (secondary N) is 2. The Morgan fingerprint density at radius 3 is 2.86 bits per heavy atom. The summed E-state index contributed by atoms with van der Waals surface area (Å²) in [6.07, 6.45) is 3.02. The molecule has 0 bridgehead atoms. The van der Waals surface area contributed by atoms with E-state index in [4.69, 9.17) is 0 Å². The predicted molar refractivity (Wildman–Crippen MR) is 113 cm³/mol. The fraction of sp³-hybridized carbons (Fsp3) is 0.455. The molecule has 2 N–H and O–H groups in total. The quantitative estimate of drug-likeness (QED) is 0.808. The van der Waals surface area contributed by atoms with Crippen LogP contribution >= 0.6 is 11.3 Å². The average Bonchev–Trinajstić information content (AvgIpc) is 3.04.